The van der Waals surface area contributed by atoms with Crippen molar-refractivity contribution in [3.8, 4) is 0 Å². The number of nitrogens with one attached hydrogen (secondary N) is 2. The number of hydrogen-bond acceptors (Lipinski definition) is 2. The first-order chi connectivity index (χ1) is 9.33. The molecule has 1 aromatic carbocycles. The smallest absolute Gasteiger partial charge is 0.329 e. The quantitative estimate of drug-likeness (QED) is 0.793. The summed E-state index contributed by atoms with van der Waals surface area (Å²) in [5, 5.41) is 14.3. The second-order valence-corrected chi connectivity index (χ2v) is 5.32. The number of carboxylic acid groups (broad SMARTS) is 1. The van der Waals surface area contributed by atoms with Crippen LogP contribution in [0.15, 0.2) is 18.2 Å². The number of halogens is 1. The monoisotopic (exact) mass is 280 g/mol. The number of hydrogen-bond donors (Lipinski definition) is 3. The lowest BCUT2D eigenvalue weighted by atomic mass is 9.96. The number of anilines is 1. The molecule has 0 aliphatic heterocycles. The number of aliphatic carboxylic acids is 1. The summed E-state index contributed by atoms with van der Waals surface area (Å²) in [6.07, 6.45) is 1.58. The molecule has 0 radical (unpaired) electrons. The molecule has 0 bridgehead atoms. The number of rotatable bonds is 4. The molecule has 0 saturated heterocycles. The molecule has 1 aromatic rings. The van der Waals surface area contributed by atoms with Gasteiger partial charge in [-0.2, -0.15) is 0 Å². The van der Waals surface area contributed by atoms with E-state index in [4.69, 9.17) is 0 Å². The van der Waals surface area contributed by atoms with E-state index in [9.17, 15) is 19.1 Å². The van der Waals surface area contributed by atoms with Crippen LogP contribution in [0.2, 0.25) is 0 Å². The zero-order valence-electron chi connectivity index (χ0n) is 11.4. The van der Waals surface area contributed by atoms with E-state index in [1.165, 1.54) is 25.1 Å². The predicted molar refractivity (Wildman–Crippen MR) is 72.1 cm³/mol. The fraction of sp³-hybridized carbons (Fsp3) is 0.429. The molecule has 1 unspecified atom stereocenters. The highest BCUT2D eigenvalue weighted by atomic mass is 19.1. The maximum atomic E-state index is 13.0. The molecule has 20 heavy (non-hydrogen) atoms. The number of carboxylic acids is 1. The fourth-order valence-electron chi connectivity index (χ4n) is 2.15. The summed E-state index contributed by atoms with van der Waals surface area (Å²) in [4.78, 5) is 23.2. The molecule has 3 N–H and O–H groups in total. The van der Waals surface area contributed by atoms with E-state index in [1.54, 1.807) is 6.92 Å². The first kappa shape index (κ1) is 14.3. The van der Waals surface area contributed by atoms with Crippen LogP contribution in [-0.2, 0) is 4.79 Å². The average Bonchev–Trinajstić information content (AvgIpc) is 3.16. The van der Waals surface area contributed by atoms with Crippen LogP contribution in [0, 0.1) is 18.7 Å². The van der Waals surface area contributed by atoms with Gasteiger partial charge in [0.2, 0.25) is 0 Å². The summed E-state index contributed by atoms with van der Waals surface area (Å²) in [5.74, 6) is -1.48. The minimum absolute atomic E-state index is 0.0416. The standard InChI is InChI=1S/C14H17FN2O3/c1-8-7-10(15)5-6-11(8)16-13(20)17-14(2,12(18)19)9-3-4-9/h5-7,9H,3-4H2,1-2H3,(H,18,19)(H2,16,17,20). The number of benzene rings is 1. The van der Waals surface area contributed by atoms with Crippen molar-refractivity contribution in [2.45, 2.75) is 32.2 Å². The fourth-order valence-corrected chi connectivity index (χ4v) is 2.15. The number of aryl methyl sites for hydroxylation is 1. The number of carbonyl (C=O) groups is 2. The van der Waals surface area contributed by atoms with Gasteiger partial charge >= 0.3 is 12.0 Å². The lowest BCUT2D eigenvalue weighted by molar-refractivity contribution is -0.144. The number of urea groups is 1. The van der Waals surface area contributed by atoms with Crippen LogP contribution in [0.5, 0.6) is 0 Å². The molecular formula is C14H17FN2O3. The van der Waals surface area contributed by atoms with Crippen molar-refractivity contribution in [2.24, 2.45) is 5.92 Å². The molecule has 1 aliphatic carbocycles. The maximum absolute atomic E-state index is 13.0. The van der Waals surface area contributed by atoms with Gasteiger partial charge in [-0.3, -0.25) is 0 Å². The Labute approximate surface area is 116 Å². The molecule has 0 heterocycles. The number of amides is 2. The third-order valence-corrected chi connectivity index (χ3v) is 3.65. The molecule has 5 nitrogen and oxygen atoms in total. The van der Waals surface area contributed by atoms with Crippen molar-refractivity contribution in [3.05, 3.63) is 29.6 Å². The van der Waals surface area contributed by atoms with Gasteiger partial charge in [-0.15, -0.1) is 0 Å². The molecule has 1 saturated carbocycles. The van der Waals surface area contributed by atoms with Gasteiger partial charge in [0.05, 0.1) is 0 Å². The van der Waals surface area contributed by atoms with Crippen molar-refractivity contribution in [1.29, 1.82) is 0 Å². The second-order valence-electron chi connectivity index (χ2n) is 5.32. The Bertz CT molecular complexity index is 557. The van der Waals surface area contributed by atoms with E-state index >= 15 is 0 Å². The summed E-state index contributed by atoms with van der Waals surface area (Å²) in [7, 11) is 0. The Balaban J connectivity index is 2.06. The Hall–Kier alpha value is -2.11. The molecule has 0 spiro atoms. The van der Waals surface area contributed by atoms with E-state index in [0.29, 0.717) is 11.3 Å². The maximum Gasteiger partial charge on any atom is 0.329 e. The SMILES string of the molecule is Cc1cc(F)ccc1NC(=O)NC(C)(C(=O)O)C1CC1. The van der Waals surface area contributed by atoms with Crippen molar-refractivity contribution in [2.75, 3.05) is 5.32 Å². The summed E-state index contributed by atoms with van der Waals surface area (Å²) in [5.41, 5.74) is -0.242. The molecule has 1 aliphatic rings. The highest BCUT2D eigenvalue weighted by molar-refractivity contribution is 5.94. The van der Waals surface area contributed by atoms with Gasteiger partial charge in [0.1, 0.15) is 11.4 Å². The van der Waals surface area contributed by atoms with Crippen LogP contribution < -0.4 is 10.6 Å². The topological polar surface area (TPSA) is 78.4 Å². The summed E-state index contributed by atoms with van der Waals surface area (Å²) < 4.78 is 13.0. The van der Waals surface area contributed by atoms with Crippen LogP contribution in [0.25, 0.3) is 0 Å². The first-order valence-electron chi connectivity index (χ1n) is 6.41. The number of carbonyl (C=O) groups excluding carboxylic acids is 1. The third-order valence-electron chi connectivity index (χ3n) is 3.65. The van der Waals surface area contributed by atoms with Gasteiger partial charge in [-0.1, -0.05) is 0 Å². The van der Waals surface area contributed by atoms with Crippen molar-refractivity contribution >= 4 is 17.7 Å². The average molecular weight is 280 g/mol. The van der Waals surface area contributed by atoms with Crippen molar-refractivity contribution < 1.29 is 19.1 Å². The van der Waals surface area contributed by atoms with Gasteiger partial charge in [0, 0.05) is 5.69 Å². The zero-order chi connectivity index (χ0) is 14.9. The summed E-state index contributed by atoms with van der Waals surface area (Å²) >= 11 is 0. The minimum atomic E-state index is -1.27. The minimum Gasteiger partial charge on any atom is -0.480 e. The van der Waals surface area contributed by atoms with Crippen molar-refractivity contribution in [1.82, 2.24) is 5.32 Å². The van der Waals surface area contributed by atoms with Gasteiger partial charge in [0.15, 0.2) is 0 Å². The molecule has 2 amide bonds. The second kappa shape index (κ2) is 5.11. The zero-order valence-corrected chi connectivity index (χ0v) is 11.4. The summed E-state index contributed by atoms with van der Waals surface area (Å²) in [6.45, 7) is 3.17. The van der Waals surface area contributed by atoms with Crippen LogP contribution in [0.1, 0.15) is 25.3 Å². The Morgan fingerprint density at radius 3 is 2.55 bits per heavy atom. The van der Waals surface area contributed by atoms with E-state index in [0.717, 1.165) is 12.8 Å². The van der Waals surface area contributed by atoms with Crippen LogP contribution in [-0.4, -0.2) is 22.6 Å². The lowest BCUT2D eigenvalue weighted by Gasteiger charge is -2.26. The third kappa shape index (κ3) is 2.89. The first-order valence-corrected chi connectivity index (χ1v) is 6.41. The highest BCUT2D eigenvalue weighted by Gasteiger charge is 2.48. The van der Waals surface area contributed by atoms with E-state index < -0.39 is 17.5 Å². The Morgan fingerprint density at radius 2 is 2.05 bits per heavy atom. The van der Waals surface area contributed by atoms with Gasteiger partial charge in [-0.25, -0.2) is 14.0 Å². The van der Waals surface area contributed by atoms with Gasteiger partial charge < -0.3 is 15.7 Å². The molecule has 2 rings (SSSR count). The van der Waals surface area contributed by atoms with E-state index in [-0.39, 0.29) is 11.7 Å². The van der Waals surface area contributed by atoms with Gasteiger partial charge in [0.25, 0.3) is 0 Å². The van der Waals surface area contributed by atoms with Crippen LogP contribution in [0.3, 0.4) is 0 Å². The molecule has 1 atom stereocenters. The molecule has 1 fully saturated rings. The Kier molecular flexibility index (Phi) is 3.65. The highest BCUT2D eigenvalue weighted by Crippen LogP contribution is 2.39. The largest absolute Gasteiger partial charge is 0.480 e. The van der Waals surface area contributed by atoms with Crippen molar-refractivity contribution in [3.63, 3.8) is 0 Å². The van der Waals surface area contributed by atoms with Gasteiger partial charge in [-0.05, 0) is 56.4 Å². The van der Waals surface area contributed by atoms with Crippen LogP contribution >= 0.6 is 0 Å². The molecule has 0 aromatic heterocycles. The predicted octanol–water partition coefficient (Wildman–Crippen LogP) is 2.51. The Morgan fingerprint density at radius 1 is 1.40 bits per heavy atom. The normalized spacial score (nSPS) is 17.1. The van der Waals surface area contributed by atoms with Crippen LogP contribution in [0.4, 0.5) is 14.9 Å². The molecule has 6 heteroatoms. The lowest BCUT2D eigenvalue weighted by Crippen LogP contribution is -2.55. The molecule has 108 valence electrons. The summed E-state index contributed by atoms with van der Waals surface area (Å²) in [6, 6.07) is 3.38. The van der Waals surface area contributed by atoms with E-state index in [2.05, 4.69) is 10.6 Å². The van der Waals surface area contributed by atoms with E-state index in [1.807, 2.05) is 0 Å². The molecular weight excluding hydrogens is 263 g/mol.